The number of hydrogen-bond acceptors (Lipinski definition) is 3. The second-order valence-corrected chi connectivity index (χ2v) is 5.24. The molecule has 1 saturated heterocycles. The molecule has 0 aromatic carbocycles. The van der Waals surface area contributed by atoms with Crippen molar-refractivity contribution in [1.29, 1.82) is 0 Å². The molecule has 94 valence electrons. The topological polar surface area (TPSA) is 24.5 Å². The molecule has 2 rings (SSSR count). The predicted molar refractivity (Wildman–Crippen MR) is 66.7 cm³/mol. The molecule has 16 heavy (non-hydrogen) atoms. The van der Waals surface area contributed by atoms with Crippen LogP contribution in [0.2, 0.25) is 0 Å². The van der Waals surface area contributed by atoms with Crippen LogP contribution >= 0.6 is 0 Å². The molecular formula is C13H26N2O. The van der Waals surface area contributed by atoms with Gasteiger partial charge in [-0.15, -0.1) is 0 Å². The smallest absolute Gasteiger partial charge is 0.0594 e. The molecule has 3 nitrogen and oxygen atoms in total. The largest absolute Gasteiger partial charge is 0.379 e. The van der Waals surface area contributed by atoms with Crippen molar-refractivity contribution in [2.24, 2.45) is 5.92 Å². The Balaban J connectivity index is 1.56. The molecule has 0 aromatic rings. The molecule has 0 amide bonds. The van der Waals surface area contributed by atoms with E-state index in [0.29, 0.717) is 6.04 Å². The standard InChI is InChI=1S/C13H26N2O/c1-12(13-4-2-3-5-13)14-6-7-15-8-10-16-11-9-15/h12-14H,2-11H2,1H3/t12-/m0/s1. The molecule has 0 radical (unpaired) electrons. The molecule has 1 heterocycles. The molecule has 0 unspecified atom stereocenters. The van der Waals surface area contributed by atoms with Crippen LogP contribution in [0.4, 0.5) is 0 Å². The van der Waals surface area contributed by atoms with E-state index >= 15 is 0 Å². The zero-order chi connectivity index (χ0) is 11.2. The summed E-state index contributed by atoms with van der Waals surface area (Å²) in [5.74, 6) is 0.935. The molecule has 1 aliphatic carbocycles. The van der Waals surface area contributed by atoms with Crippen LogP contribution in [0.1, 0.15) is 32.6 Å². The fourth-order valence-corrected chi connectivity index (χ4v) is 2.90. The van der Waals surface area contributed by atoms with E-state index in [1.807, 2.05) is 0 Å². The lowest BCUT2D eigenvalue weighted by molar-refractivity contribution is 0.0380. The number of nitrogens with zero attached hydrogens (tertiary/aromatic N) is 1. The van der Waals surface area contributed by atoms with E-state index in [4.69, 9.17) is 4.74 Å². The number of hydrogen-bond donors (Lipinski definition) is 1. The van der Waals surface area contributed by atoms with Crippen LogP contribution in [-0.4, -0.2) is 50.3 Å². The van der Waals surface area contributed by atoms with Gasteiger partial charge < -0.3 is 10.1 Å². The third-order valence-electron chi connectivity index (χ3n) is 4.10. The molecule has 1 atom stereocenters. The van der Waals surface area contributed by atoms with Gasteiger partial charge in [0.15, 0.2) is 0 Å². The van der Waals surface area contributed by atoms with Crippen LogP contribution in [0, 0.1) is 5.92 Å². The first kappa shape index (κ1) is 12.3. The molecule has 2 aliphatic rings. The van der Waals surface area contributed by atoms with Crippen LogP contribution in [0.3, 0.4) is 0 Å². The van der Waals surface area contributed by atoms with Gasteiger partial charge in [0.2, 0.25) is 0 Å². The summed E-state index contributed by atoms with van der Waals surface area (Å²) < 4.78 is 5.35. The van der Waals surface area contributed by atoms with Crippen molar-refractivity contribution in [3.63, 3.8) is 0 Å². The van der Waals surface area contributed by atoms with Gasteiger partial charge in [-0.3, -0.25) is 4.90 Å². The summed E-state index contributed by atoms with van der Waals surface area (Å²) in [6.45, 7) is 8.72. The van der Waals surface area contributed by atoms with Gasteiger partial charge in [0, 0.05) is 32.2 Å². The van der Waals surface area contributed by atoms with Gasteiger partial charge in [0.05, 0.1) is 13.2 Å². The minimum atomic E-state index is 0.712. The average Bonchev–Trinajstić information content (AvgIpc) is 2.84. The van der Waals surface area contributed by atoms with Gasteiger partial charge in [-0.2, -0.15) is 0 Å². The van der Waals surface area contributed by atoms with E-state index in [1.54, 1.807) is 0 Å². The molecule has 0 spiro atoms. The molecular weight excluding hydrogens is 200 g/mol. The zero-order valence-electron chi connectivity index (χ0n) is 10.6. The van der Waals surface area contributed by atoms with Crippen LogP contribution in [0.5, 0.6) is 0 Å². The highest BCUT2D eigenvalue weighted by atomic mass is 16.5. The van der Waals surface area contributed by atoms with Crippen molar-refractivity contribution in [2.45, 2.75) is 38.6 Å². The maximum Gasteiger partial charge on any atom is 0.0594 e. The third kappa shape index (κ3) is 3.72. The van der Waals surface area contributed by atoms with Gasteiger partial charge in [0.1, 0.15) is 0 Å². The Morgan fingerprint density at radius 3 is 2.62 bits per heavy atom. The first-order chi connectivity index (χ1) is 7.86. The number of ether oxygens (including phenoxy) is 1. The number of nitrogens with one attached hydrogen (secondary N) is 1. The lowest BCUT2D eigenvalue weighted by atomic mass is 10.00. The van der Waals surface area contributed by atoms with E-state index in [9.17, 15) is 0 Å². The minimum absolute atomic E-state index is 0.712. The minimum Gasteiger partial charge on any atom is -0.379 e. The summed E-state index contributed by atoms with van der Waals surface area (Å²) >= 11 is 0. The van der Waals surface area contributed by atoms with Crippen LogP contribution < -0.4 is 5.32 Å². The Hall–Kier alpha value is -0.120. The highest BCUT2D eigenvalue weighted by Gasteiger charge is 2.21. The number of rotatable bonds is 5. The second-order valence-electron chi connectivity index (χ2n) is 5.24. The van der Waals surface area contributed by atoms with Crippen molar-refractivity contribution in [3.8, 4) is 0 Å². The van der Waals surface area contributed by atoms with E-state index in [0.717, 1.165) is 38.8 Å². The fraction of sp³-hybridized carbons (Fsp3) is 1.00. The summed E-state index contributed by atoms with van der Waals surface area (Å²) in [5.41, 5.74) is 0. The molecule has 0 aromatic heterocycles. The zero-order valence-corrected chi connectivity index (χ0v) is 10.6. The predicted octanol–water partition coefficient (Wildman–Crippen LogP) is 1.49. The van der Waals surface area contributed by atoms with Crippen molar-refractivity contribution in [2.75, 3.05) is 39.4 Å². The molecule has 1 saturated carbocycles. The SMILES string of the molecule is C[C@H](NCCN1CCOCC1)C1CCCC1. The van der Waals surface area contributed by atoms with Gasteiger partial charge in [-0.25, -0.2) is 0 Å². The van der Waals surface area contributed by atoms with E-state index in [-0.39, 0.29) is 0 Å². The highest BCUT2D eigenvalue weighted by Crippen LogP contribution is 2.27. The van der Waals surface area contributed by atoms with Gasteiger partial charge in [0.25, 0.3) is 0 Å². The number of morpholine rings is 1. The van der Waals surface area contributed by atoms with Gasteiger partial charge >= 0.3 is 0 Å². The van der Waals surface area contributed by atoms with Crippen LogP contribution in [0.15, 0.2) is 0 Å². The van der Waals surface area contributed by atoms with Gasteiger partial charge in [-0.1, -0.05) is 12.8 Å². The lowest BCUT2D eigenvalue weighted by Crippen LogP contribution is -2.43. The molecule has 0 bridgehead atoms. The normalized spacial score (nSPS) is 26.1. The summed E-state index contributed by atoms with van der Waals surface area (Å²) in [6.07, 6.45) is 5.76. The molecule has 1 aliphatic heterocycles. The summed E-state index contributed by atoms with van der Waals surface area (Å²) in [7, 11) is 0. The first-order valence-electron chi connectivity index (χ1n) is 6.90. The molecule has 3 heteroatoms. The maximum atomic E-state index is 5.35. The Labute approximate surface area is 99.5 Å². The van der Waals surface area contributed by atoms with E-state index in [2.05, 4.69) is 17.1 Å². The van der Waals surface area contributed by atoms with Crippen molar-refractivity contribution >= 4 is 0 Å². The molecule has 1 N–H and O–H groups in total. The Kier molecular flexibility index (Phi) is 5.07. The van der Waals surface area contributed by atoms with E-state index < -0.39 is 0 Å². The lowest BCUT2D eigenvalue weighted by Gasteiger charge is -2.28. The van der Waals surface area contributed by atoms with Crippen LogP contribution in [0.25, 0.3) is 0 Å². The fourth-order valence-electron chi connectivity index (χ4n) is 2.90. The maximum absolute atomic E-state index is 5.35. The molecule has 2 fully saturated rings. The van der Waals surface area contributed by atoms with Gasteiger partial charge in [-0.05, 0) is 25.7 Å². The Bertz CT molecular complexity index is 186. The van der Waals surface area contributed by atoms with Crippen LogP contribution in [-0.2, 0) is 4.74 Å². The third-order valence-corrected chi connectivity index (χ3v) is 4.10. The Morgan fingerprint density at radius 2 is 1.94 bits per heavy atom. The summed E-state index contributed by atoms with van der Waals surface area (Å²) in [6, 6.07) is 0.712. The van der Waals surface area contributed by atoms with Crippen molar-refractivity contribution in [1.82, 2.24) is 10.2 Å². The average molecular weight is 226 g/mol. The van der Waals surface area contributed by atoms with Crippen molar-refractivity contribution < 1.29 is 4.74 Å². The summed E-state index contributed by atoms with van der Waals surface area (Å²) in [5, 5.41) is 3.69. The quantitative estimate of drug-likeness (QED) is 0.768. The van der Waals surface area contributed by atoms with E-state index in [1.165, 1.54) is 32.2 Å². The highest BCUT2D eigenvalue weighted by molar-refractivity contribution is 4.77. The Morgan fingerprint density at radius 1 is 1.25 bits per heavy atom. The van der Waals surface area contributed by atoms with Crippen molar-refractivity contribution in [3.05, 3.63) is 0 Å². The first-order valence-corrected chi connectivity index (χ1v) is 6.90. The summed E-state index contributed by atoms with van der Waals surface area (Å²) in [4.78, 5) is 2.50. The second kappa shape index (κ2) is 6.58. The monoisotopic (exact) mass is 226 g/mol.